The van der Waals surface area contributed by atoms with Crippen LogP contribution >= 0.6 is 0 Å². The number of carbonyl (C=O) groups excluding carboxylic acids is 1. The predicted molar refractivity (Wildman–Crippen MR) is 90.3 cm³/mol. The van der Waals surface area contributed by atoms with Gasteiger partial charge < -0.3 is 9.64 Å². The first-order chi connectivity index (χ1) is 10.8. The van der Waals surface area contributed by atoms with Crippen molar-refractivity contribution in [1.82, 2.24) is 0 Å². The molecule has 0 saturated carbocycles. The summed E-state index contributed by atoms with van der Waals surface area (Å²) < 4.78 is 5.62. The summed E-state index contributed by atoms with van der Waals surface area (Å²) in [5, 5.41) is 0. The normalized spacial score (nSPS) is 10.4. The smallest absolute Gasteiger partial charge is 0.258 e. The Morgan fingerprint density at radius 3 is 2.23 bits per heavy atom. The molecule has 0 radical (unpaired) electrons. The van der Waals surface area contributed by atoms with Crippen LogP contribution in [-0.4, -0.2) is 25.7 Å². The first-order valence-electron chi connectivity index (χ1n) is 7.82. The third kappa shape index (κ3) is 4.71. The van der Waals surface area contributed by atoms with Crippen LogP contribution in [0.1, 0.15) is 30.1 Å². The number of nitrogens with zero attached hydrogens (tertiary/aromatic N) is 1. The fourth-order valence-corrected chi connectivity index (χ4v) is 2.20. The summed E-state index contributed by atoms with van der Waals surface area (Å²) in [4.78, 5) is 14.5. The van der Waals surface area contributed by atoms with Gasteiger partial charge in [-0.2, -0.15) is 0 Å². The lowest BCUT2D eigenvalue weighted by atomic mass is 10.2. The summed E-state index contributed by atoms with van der Waals surface area (Å²) >= 11 is 0. The fraction of sp³-hybridized carbons (Fsp3) is 0.316. The molecule has 0 aliphatic carbocycles. The number of anilines is 1. The van der Waals surface area contributed by atoms with Crippen LogP contribution in [0, 0.1) is 0 Å². The number of para-hydroxylation sites is 1. The molecule has 116 valence electrons. The minimum absolute atomic E-state index is 0.00546. The molecular weight excluding hydrogens is 274 g/mol. The number of carbonyl (C=O) groups is 1. The molecule has 1 amide bonds. The Balaban J connectivity index is 2.07. The van der Waals surface area contributed by atoms with Crippen molar-refractivity contribution < 1.29 is 9.53 Å². The third-order valence-electron chi connectivity index (χ3n) is 3.44. The van der Waals surface area contributed by atoms with Crippen LogP contribution in [0.3, 0.4) is 0 Å². The van der Waals surface area contributed by atoms with E-state index in [2.05, 4.69) is 6.92 Å². The number of rotatable bonds is 8. The summed E-state index contributed by atoms with van der Waals surface area (Å²) in [5.74, 6) is 0.00546. The molecule has 0 bridgehead atoms. The van der Waals surface area contributed by atoms with Crippen molar-refractivity contribution in [1.29, 1.82) is 0 Å². The van der Waals surface area contributed by atoms with Gasteiger partial charge in [-0.3, -0.25) is 4.79 Å². The number of hydrogen-bond donors (Lipinski definition) is 0. The molecule has 0 spiro atoms. The maximum Gasteiger partial charge on any atom is 0.258 e. The minimum atomic E-state index is 0.00546. The molecule has 0 aromatic heterocycles. The summed E-state index contributed by atoms with van der Waals surface area (Å²) in [6.45, 7) is 3.99. The van der Waals surface area contributed by atoms with Gasteiger partial charge in [0.05, 0.1) is 6.61 Å². The van der Waals surface area contributed by atoms with Crippen LogP contribution in [-0.2, 0) is 4.74 Å². The number of ether oxygens (including phenoxy) is 1. The average molecular weight is 297 g/mol. The van der Waals surface area contributed by atoms with Crippen molar-refractivity contribution in [2.75, 3.05) is 24.7 Å². The second-order valence-corrected chi connectivity index (χ2v) is 5.12. The molecule has 0 atom stereocenters. The molecule has 2 aromatic carbocycles. The molecule has 0 aliphatic heterocycles. The molecule has 0 fully saturated rings. The lowest BCUT2D eigenvalue weighted by Gasteiger charge is -2.23. The highest BCUT2D eigenvalue weighted by Crippen LogP contribution is 2.16. The Hall–Kier alpha value is -2.13. The third-order valence-corrected chi connectivity index (χ3v) is 3.44. The van der Waals surface area contributed by atoms with Gasteiger partial charge in [-0.15, -0.1) is 0 Å². The summed E-state index contributed by atoms with van der Waals surface area (Å²) in [7, 11) is 0. The molecule has 3 heteroatoms. The molecule has 2 aromatic rings. The van der Waals surface area contributed by atoms with Gasteiger partial charge in [0, 0.05) is 24.4 Å². The zero-order chi connectivity index (χ0) is 15.6. The van der Waals surface area contributed by atoms with Crippen molar-refractivity contribution in [3.05, 3.63) is 66.2 Å². The summed E-state index contributed by atoms with van der Waals surface area (Å²) in [6.07, 6.45) is 2.17. The van der Waals surface area contributed by atoms with Gasteiger partial charge in [-0.05, 0) is 30.7 Å². The fourth-order valence-electron chi connectivity index (χ4n) is 2.20. The standard InChI is InChI=1S/C19H23NO2/c1-2-3-15-22-16-14-20(18-12-8-5-9-13-18)19(21)17-10-6-4-7-11-17/h4-13H,2-3,14-16H2,1H3. The van der Waals surface area contributed by atoms with Gasteiger partial charge in [0.1, 0.15) is 0 Å². The Kier molecular flexibility index (Phi) is 6.65. The monoisotopic (exact) mass is 297 g/mol. The molecule has 0 N–H and O–H groups in total. The number of unbranched alkanes of at least 4 members (excludes halogenated alkanes) is 1. The first-order valence-corrected chi connectivity index (χ1v) is 7.82. The SMILES string of the molecule is CCCCOCCN(C(=O)c1ccccc1)c1ccccc1. The van der Waals surface area contributed by atoms with Gasteiger partial charge in [0.15, 0.2) is 0 Å². The van der Waals surface area contributed by atoms with E-state index in [-0.39, 0.29) is 5.91 Å². The summed E-state index contributed by atoms with van der Waals surface area (Å²) in [6, 6.07) is 19.1. The highest BCUT2D eigenvalue weighted by Gasteiger charge is 2.16. The predicted octanol–water partition coefficient (Wildman–Crippen LogP) is 4.15. The molecule has 0 saturated heterocycles. The molecule has 22 heavy (non-hydrogen) atoms. The van der Waals surface area contributed by atoms with Crippen molar-refractivity contribution in [2.45, 2.75) is 19.8 Å². The largest absolute Gasteiger partial charge is 0.380 e. The lowest BCUT2D eigenvalue weighted by Crippen LogP contribution is -2.34. The molecular formula is C19H23NO2. The molecule has 0 heterocycles. The van der Waals surface area contributed by atoms with E-state index in [1.165, 1.54) is 0 Å². The zero-order valence-corrected chi connectivity index (χ0v) is 13.1. The maximum absolute atomic E-state index is 12.7. The topological polar surface area (TPSA) is 29.5 Å². The van der Waals surface area contributed by atoms with E-state index in [1.54, 1.807) is 4.90 Å². The summed E-state index contributed by atoms with van der Waals surface area (Å²) in [5.41, 5.74) is 1.59. The molecule has 0 unspecified atom stereocenters. The van der Waals surface area contributed by atoms with Crippen molar-refractivity contribution in [2.24, 2.45) is 0 Å². The first kappa shape index (κ1) is 16.2. The Morgan fingerprint density at radius 1 is 0.955 bits per heavy atom. The minimum Gasteiger partial charge on any atom is -0.380 e. The second kappa shape index (κ2) is 9.00. The van der Waals surface area contributed by atoms with Crippen LogP contribution in [0.4, 0.5) is 5.69 Å². The van der Waals surface area contributed by atoms with Crippen molar-refractivity contribution >= 4 is 11.6 Å². The lowest BCUT2D eigenvalue weighted by molar-refractivity contribution is 0.0958. The van der Waals surface area contributed by atoms with Crippen molar-refractivity contribution in [3.8, 4) is 0 Å². The van der Waals surface area contributed by atoms with E-state index < -0.39 is 0 Å². The Morgan fingerprint density at radius 2 is 1.59 bits per heavy atom. The van der Waals surface area contributed by atoms with Crippen LogP contribution in [0.15, 0.2) is 60.7 Å². The van der Waals surface area contributed by atoms with Crippen LogP contribution in [0.5, 0.6) is 0 Å². The van der Waals surface area contributed by atoms with Gasteiger partial charge in [-0.25, -0.2) is 0 Å². The van der Waals surface area contributed by atoms with E-state index >= 15 is 0 Å². The van der Waals surface area contributed by atoms with E-state index in [1.807, 2.05) is 60.7 Å². The quantitative estimate of drug-likeness (QED) is 0.685. The molecule has 2 rings (SSSR count). The van der Waals surface area contributed by atoms with Crippen LogP contribution in [0.2, 0.25) is 0 Å². The van der Waals surface area contributed by atoms with Gasteiger partial charge >= 0.3 is 0 Å². The highest BCUT2D eigenvalue weighted by molar-refractivity contribution is 6.06. The number of amides is 1. The van der Waals surface area contributed by atoms with Crippen LogP contribution < -0.4 is 4.90 Å². The molecule has 0 aliphatic rings. The van der Waals surface area contributed by atoms with E-state index in [9.17, 15) is 4.79 Å². The van der Waals surface area contributed by atoms with Crippen molar-refractivity contribution in [3.63, 3.8) is 0 Å². The maximum atomic E-state index is 12.7. The van der Waals surface area contributed by atoms with Crippen LogP contribution in [0.25, 0.3) is 0 Å². The zero-order valence-electron chi connectivity index (χ0n) is 13.1. The van der Waals surface area contributed by atoms with E-state index in [4.69, 9.17) is 4.74 Å². The Labute approximate surface area is 132 Å². The van der Waals surface area contributed by atoms with Gasteiger partial charge in [0.25, 0.3) is 5.91 Å². The van der Waals surface area contributed by atoms with E-state index in [0.717, 1.165) is 25.1 Å². The van der Waals surface area contributed by atoms with Gasteiger partial charge in [-0.1, -0.05) is 49.7 Å². The Bertz CT molecular complexity index is 554. The second-order valence-electron chi connectivity index (χ2n) is 5.12. The van der Waals surface area contributed by atoms with E-state index in [0.29, 0.717) is 18.7 Å². The number of benzene rings is 2. The average Bonchev–Trinajstić information content (AvgIpc) is 2.59. The number of hydrogen-bond acceptors (Lipinski definition) is 2. The molecule has 3 nitrogen and oxygen atoms in total. The highest BCUT2D eigenvalue weighted by atomic mass is 16.5. The van der Waals surface area contributed by atoms with Gasteiger partial charge in [0.2, 0.25) is 0 Å².